The van der Waals surface area contributed by atoms with Crippen LogP contribution < -0.4 is 10.1 Å². The number of carbonyl (C=O) groups excluding carboxylic acids is 1. The highest BCUT2D eigenvalue weighted by Crippen LogP contribution is 2.22. The molecule has 26 heavy (non-hydrogen) atoms. The molecule has 0 saturated carbocycles. The monoisotopic (exact) mass is 351 g/mol. The molecule has 0 saturated heterocycles. The number of nitrogens with zero attached hydrogens (tertiary/aromatic N) is 3. The average molecular weight is 351 g/mol. The summed E-state index contributed by atoms with van der Waals surface area (Å²) in [7, 11) is 0. The summed E-state index contributed by atoms with van der Waals surface area (Å²) in [6, 6.07) is 15.3. The first-order chi connectivity index (χ1) is 12.7. The number of nitrogens with one attached hydrogen (secondary N) is 2. The molecule has 0 spiro atoms. The van der Waals surface area contributed by atoms with Crippen molar-refractivity contribution >= 4 is 11.6 Å². The minimum absolute atomic E-state index is 0.183. The summed E-state index contributed by atoms with van der Waals surface area (Å²) < 4.78 is 5.42. The average Bonchev–Trinajstić information content (AvgIpc) is 3.16. The van der Waals surface area contributed by atoms with E-state index in [1.54, 1.807) is 0 Å². The van der Waals surface area contributed by atoms with Gasteiger partial charge in [0.15, 0.2) is 5.82 Å². The number of rotatable bonds is 7. The molecule has 2 N–H and O–H groups in total. The van der Waals surface area contributed by atoms with Crippen molar-refractivity contribution in [3.05, 3.63) is 65.5 Å². The van der Waals surface area contributed by atoms with E-state index in [9.17, 15) is 4.79 Å². The summed E-state index contributed by atoms with van der Waals surface area (Å²) in [5, 5.41) is 16.9. The van der Waals surface area contributed by atoms with Crippen LogP contribution in [-0.4, -0.2) is 33.1 Å². The van der Waals surface area contributed by atoms with E-state index in [-0.39, 0.29) is 5.91 Å². The highest BCUT2D eigenvalue weighted by atomic mass is 16.5. The van der Waals surface area contributed by atoms with Crippen LogP contribution in [0.1, 0.15) is 29.8 Å². The summed E-state index contributed by atoms with van der Waals surface area (Å²) in [5.41, 5.74) is 2.87. The van der Waals surface area contributed by atoms with E-state index in [1.807, 2.05) is 56.3 Å². The molecular formula is C19H21N5O2. The Morgan fingerprint density at radius 1 is 1.23 bits per heavy atom. The van der Waals surface area contributed by atoms with Crippen LogP contribution in [-0.2, 0) is 11.2 Å². The lowest BCUT2D eigenvalue weighted by molar-refractivity contribution is -0.117. The molecule has 0 radical (unpaired) electrons. The van der Waals surface area contributed by atoms with Gasteiger partial charge in [-0.2, -0.15) is 5.21 Å². The number of aromatic nitrogens is 4. The van der Waals surface area contributed by atoms with Gasteiger partial charge < -0.3 is 10.1 Å². The summed E-state index contributed by atoms with van der Waals surface area (Å²) in [5.74, 6) is 0.411. The SMILES string of the molecule is CCOc1ccc(NC(=O)[C@@H](Cc2cccc(C)c2)c2nn[nH]n2)cc1. The van der Waals surface area contributed by atoms with E-state index in [4.69, 9.17) is 4.74 Å². The van der Waals surface area contributed by atoms with Crippen molar-refractivity contribution < 1.29 is 9.53 Å². The number of hydrogen-bond acceptors (Lipinski definition) is 5. The Morgan fingerprint density at radius 2 is 2.04 bits per heavy atom. The van der Waals surface area contributed by atoms with Gasteiger partial charge >= 0.3 is 0 Å². The second kappa shape index (κ2) is 8.24. The highest BCUT2D eigenvalue weighted by Gasteiger charge is 2.25. The Kier molecular flexibility index (Phi) is 5.58. The lowest BCUT2D eigenvalue weighted by atomic mass is 9.96. The number of aryl methyl sites for hydroxylation is 1. The first-order valence-corrected chi connectivity index (χ1v) is 8.48. The van der Waals surface area contributed by atoms with Crippen molar-refractivity contribution in [3.8, 4) is 5.75 Å². The molecule has 3 aromatic rings. The topological polar surface area (TPSA) is 92.8 Å². The fraction of sp³-hybridized carbons (Fsp3) is 0.263. The second-order valence-corrected chi connectivity index (χ2v) is 5.96. The second-order valence-electron chi connectivity index (χ2n) is 5.96. The Hall–Kier alpha value is -3.22. The van der Waals surface area contributed by atoms with Crippen molar-refractivity contribution in [1.29, 1.82) is 0 Å². The number of benzene rings is 2. The molecule has 0 aliphatic heterocycles. The largest absolute Gasteiger partial charge is 0.494 e. The van der Waals surface area contributed by atoms with Crippen molar-refractivity contribution in [2.24, 2.45) is 0 Å². The van der Waals surface area contributed by atoms with Gasteiger partial charge in [-0.15, -0.1) is 10.2 Å². The number of ether oxygens (including phenoxy) is 1. The molecule has 0 unspecified atom stereocenters. The van der Waals surface area contributed by atoms with Crippen molar-refractivity contribution in [2.75, 3.05) is 11.9 Å². The molecule has 7 heteroatoms. The Morgan fingerprint density at radius 3 is 2.69 bits per heavy atom. The van der Waals surface area contributed by atoms with Crippen LogP contribution in [0.25, 0.3) is 0 Å². The van der Waals surface area contributed by atoms with Crippen molar-refractivity contribution in [2.45, 2.75) is 26.2 Å². The first kappa shape index (κ1) is 17.6. The molecule has 2 aromatic carbocycles. The molecule has 0 aliphatic rings. The van der Waals surface area contributed by atoms with Crippen molar-refractivity contribution in [1.82, 2.24) is 20.6 Å². The zero-order valence-corrected chi connectivity index (χ0v) is 14.8. The maximum atomic E-state index is 12.8. The molecule has 0 aliphatic carbocycles. The summed E-state index contributed by atoms with van der Waals surface area (Å²) in [6.07, 6.45) is 0.490. The van der Waals surface area contributed by atoms with E-state index < -0.39 is 5.92 Å². The lowest BCUT2D eigenvalue weighted by Crippen LogP contribution is -2.24. The standard InChI is InChI=1S/C19H21N5O2/c1-3-26-16-9-7-15(8-10-16)20-19(25)17(18-21-23-24-22-18)12-14-6-4-5-13(2)11-14/h4-11,17H,3,12H2,1-2H3,(H,20,25)(H,21,22,23,24)/t17-/m0/s1. The van der Waals surface area contributed by atoms with Crippen LogP contribution in [0.15, 0.2) is 48.5 Å². The molecule has 1 amide bonds. The van der Waals surface area contributed by atoms with Gasteiger partial charge in [0.2, 0.25) is 5.91 Å². The minimum Gasteiger partial charge on any atom is -0.494 e. The zero-order valence-electron chi connectivity index (χ0n) is 14.8. The minimum atomic E-state index is -0.540. The zero-order chi connectivity index (χ0) is 18.4. The predicted molar refractivity (Wildman–Crippen MR) is 98.0 cm³/mol. The van der Waals surface area contributed by atoms with Gasteiger partial charge in [-0.25, -0.2) is 0 Å². The van der Waals surface area contributed by atoms with Gasteiger partial charge in [-0.05, 0) is 50.1 Å². The number of carbonyl (C=O) groups is 1. The summed E-state index contributed by atoms with van der Waals surface area (Å²) >= 11 is 0. The van der Waals surface area contributed by atoms with E-state index in [0.29, 0.717) is 24.5 Å². The van der Waals surface area contributed by atoms with E-state index >= 15 is 0 Å². The van der Waals surface area contributed by atoms with Gasteiger partial charge in [0.25, 0.3) is 0 Å². The van der Waals surface area contributed by atoms with Crippen LogP contribution in [0.5, 0.6) is 5.75 Å². The molecule has 0 bridgehead atoms. The van der Waals surface area contributed by atoms with Gasteiger partial charge in [0.05, 0.1) is 6.61 Å². The Labute approximate surface area is 151 Å². The molecule has 1 heterocycles. The number of amides is 1. The fourth-order valence-electron chi connectivity index (χ4n) is 2.72. The third kappa shape index (κ3) is 4.44. The molecule has 7 nitrogen and oxygen atoms in total. The molecule has 1 aromatic heterocycles. The van der Waals surface area contributed by atoms with Crippen LogP contribution >= 0.6 is 0 Å². The number of tetrazole rings is 1. The third-order valence-electron chi connectivity index (χ3n) is 3.95. The lowest BCUT2D eigenvalue weighted by Gasteiger charge is -2.14. The van der Waals surface area contributed by atoms with Crippen LogP contribution in [0.3, 0.4) is 0 Å². The third-order valence-corrected chi connectivity index (χ3v) is 3.95. The smallest absolute Gasteiger partial charge is 0.235 e. The van der Waals surface area contributed by atoms with Gasteiger partial charge in [-0.3, -0.25) is 4.79 Å². The van der Waals surface area contributed by atoms with Gasteiger partial charge in [-0.1, -0.05) is 35.0 Å². The maximum Gasteiger partial charge on any atom is 0.235 e. The van der Waals surface area contributed by atoms with Crippen molar-refractivity contribution in [3.63, 3.8) is 0 Å². The van der Waals surface area contributed by atoms with E-state index in [2.05, 4.69) is 32.0 Å². The quantitative estimate of drug-likeness (QED) is 0.683. The van der Waals surface area contributed by atoms with Gasteiger partial charge in [0, 0.05) is 5.69 Å². The molecular weight excluding hydrogens is 330 g/mol. The van der Waals surface area contributed by atoms with E-state index in [1.165, 1.54) is 0 Å². The highest BCUT2D eigenvalue weighted by molar-refractivity contribution is 5.95. The summed E-state index contributed by atoms with van der Waals surface area (Å²) in [6.45, 7) is 4.55. The predicted octanol–water partition coefficient (Wildman–Crippen LogP) is 2.87. The van der Waals surface area contributed by atoms with Crippen LogP contribution in [0.4, 0.5) is 5.69 Å². The Bertz CT molecular complexity index is 847. The van der Waals surface area contributed by atoms with Crippen LogP contribution in [0, 0.1) is 6.92 Å². The number of hydrogen-bond donors (Lipinski definition) is 2. The number of aromatic amines is 1. The number of H-pyrrole nitrogens is 1. The Balaban J connectivity index is 1.77. The van der Waals surface area contributed by atoms with E-state index in [0.717, 1.165) is 16.9 Å². The molecule has 134 valence electrons. The molecule has 0 fully saturated rings. The summed E-state index contributed by atoms with van der Waals surface area (Å²) in [4.78, 5) is 12.8. The fourth-order valence-corrected chi connectivity index (χ4v) is 2.72. The first-order valence-electron chi connectivity index (χ1n) is 8.48. The normalized spacial score (nSPS) is 11.8. The van der Waals surface area contributed by atoms with Gasteiger partial charge in [0.1, 0.15) is 11.7 Å². The molecule has 3 rings (SSSR count). The molecule has 1 atom stereocenters. The maximum absolute atomic E-state index is 12.8. The van der Waals surface area contributed by atoms with Crippen LogP contribution in [0.2, 0.25) is 0 Å². The number of anilines is 1.